The average Bonchev–Trinajstić information content (AvgIpc) is 2.40. The Hall–Kier alpha value is -1.61. The van der Waals surface area contributed by atoms with Crippen LogP contribution in [-0.4, -0.2) is 16.6 Å². The van der Waals surface area contributed by atoms with Crippen LogP contribution in [-0.2, 0) is 10.8 Å². The molecule has 0 saturated heterocycles. The molecule has 2 aromatic rings. The van der Waals surface area contributed by atoms with Gasteiger partial charge in [0.2, 0.25) is 0 Å². The van der Waals surface area contributed by atoms with Crippen LogP contribution in [0.4, 0.5) is 0 Å². The van der Waals surface area contributed by atoms with Crippen LogP contribution in [0.15, 0.2) is 59.5 Å². The normalized spacial score (nSPS) is 12.1. The summed E-state index contributed by atoms with van der Waals surface area (Å²) in [5.41, 5.74) is 1.18. The fourth-order valence-corrected chi connectivity index (χ4v) is 2.47. The Bertz CT molecular complexity index is 506. The molecule has 0 aliphatic rings. The van der Waals surface area contributed by atoms with E-state index in [1.165, 1.54) is 5.56 Å². The van der Waals surface area contributed by atoms with Gasteiger partial charge in [0.15, 0.2) is 0 Å². The van der Waals surface area contributed by atoms with Crippen molar-refractivity contribution in [2.24, 2.45) is 0 Å². The number of benzene rings is 2. The van der Waals surface area contributed by atoms with E-state index in [0.29, 0.717) is 12.4 Å². The topological polar surface area (TPSA) is 26.3 Å². The highest BCUT2D eigenvalue weighted by Crippen LogP contribution is 2.10. The Balaban J connectivity index is 1.84. The molecule has 0 aromatic heterocycles. The van der Waals surface area contributed by atoms with E-state index in [4.69, 9.17) is 4.74 Å². The monoisotopic (exact) mass is 260 g/mol. The minimum atomic E-state index is -0.990. The first kappa shape index (κ1) is 12.8. The molecule has 3 heteroatoms. The molecule has 0 fully saturated rings. The molecule has 0 heterocycles. The van der Waals surface area contributed by atoms with E-state index in [0.717, 1.165) is 10.6 Å². The molecule has 0 aliphatic carbocycles. The van der Waals surface area contributed by atoms with Crippen molar-refractivity contribution < 1.29 is 8.95 Å². The number of hydrogen-bond donors (Lipinski definition) is 0. The largest absolute Gasteiger partial charge is 0.493 e. The third kappa shape index (κ3) is 3.70. The van der Waals surface area contributed by atoms with Gasteiger partial charge >= 0.3 is 0 Å². The Labute approximate surface area is 110 Å². The van der Waals surface area contributed by atoms with Gasteiger partial charge in [-0.2, -0.15) is 0 Å². The maximum absolute atomic E-state index is 12.0. The molecule has 2 rings (SSSR count). The second kappa shape index (κ2) is 6.36. The summed E-state index contributed by atoms with van der Waals surface area (Å²) >= 11 is 0. The van der Waals surface area contributed by atoms with Crippen molar-refractivity contribution >= 4 is 10.8 Å². The van der Waals surface area contributed by atoms with E-state index in [1.807, 2.05) is 61.5 Å². The Morgan fingerprint density at radius 1 is 1.00 bits per heavy atom. The molecule has 0 saturated carbocycles. The number of para-hydroxylation sites is 1. The highest BCUT2D eigenvalue weighted by molar-refractivity contribution is 7.85. The molecule has 2 nitrogen and oxygen atoms in total. The van der Waals surface area contributed by atoms with Crippen LogP contribution in [0.2, 0.25) is 0 Å². The zero-order valence-corrected chi connectivity index (χ0v) is 11.2. The van der Waals surface area contributed by atoms with Crippen molar-refractivity contribution in [2.75, 3.05) is 12.4 Å². The van der Waals surface area contributed by atoms with Crippen molar-refractivity contribution in [3.8, 4) is 5.75 Å². The molecular weight excluding hydrogens is 244 g/mol. The van der Waals surface area contributed by atoms with Gasteiger partial charge in [0.25, 0.3) is 0 Å². The Morgan fingerprint density at radius 2 is 1.67 bits per heavy atom. The van der Waals surface area contributed by atoms with Crippen LogP contribution in [0.3, 0.4) is 0 Å². The average molecular weight is 260 g/mol. The summed E-state index contributed by atoms with van der Waals surface area (Å²) in [6.07, 6.45) is 0. The van der Waals surface area contributed by atoms with Gasteiger partial charge in [-0.1, -0.05) is 35.9 Å². The number of hydrogen-bond acceptors (Lipinski definition) is 2. The molecule has 0 radical (unpaired) electrons. The van der Waals surface area contributed by atoms with E-state index in [1.54, 1.807) is 0 Å². The molecule has 1 atom stereocenters. The number of aryl methyl sites for hydroxylation is 1. The van der Waals surface area contributed by atoms with Gasteiger partial charge in [0, 0.05) is 4.90 Å². The minimum absolute atomic E-state index is 0.463. The second-order valence-corrected chi connectivity index (χ2v) is 5.59. The van der Waals surface area contributed by atoms with E-state index in [2.05, 4.69) is 0 Å². The molecule has 1 unspecified atom stereocenters. The lowest BCUT2D eigenvalue weighted by Gasteiger charge is -2.06. The van der Waals surface area contributed by atoms with Gasteiger partial charge in [-0.3, -0.25) is 4.21 Å². The lowest BCUT2D eigenvalue weighted by molar-refractivity contribution is 0.342. The fraction of sp³-hybridized carbons (Fsp3) is 0.200. The number of ether oxygens (including phenoxy) is 1. The van der Waals surface area contributed by atoms with Crippen molar-refractivity contribution in [2.45, 2.75) is 11.8 Å². The first-order chi connectivity index (χ1) is 8.75. The molecule has 0 bridgehead atoms. The summed E-state index contributed by atoms with van der Waals surface area (Å²) in [5.74, 6) is 1.33. The summed E-state index contributed by atoms with van der Waals surface area (Å²) in [4.78, 5) is 0.859. The molecule has 94 valence electrons. The SMILES string of the molecule is Cc1ccc(S(=O)CCOc2ccccc2)cc1. The van der Waals surface area contributed by atoms with Crippen LogP contribution < -0.4 is 4.74 Å². The third-order valence-electron chi connectivity index (χ3n) is 2.56. The van der Waals surface area contributed by atoms with Crippen molar-refractivity contribution in [3.05, 3.63) is 60.2 Å². The Kier molecular flexibility index (Phi) is 4.53. The van der Waals surface area contributed by atoms with E-state index < -0.39 is 10.8 Å². The molecule has 0 N–H and O–H groups in total. The molecular formula is C15H16O2S. The number of rotatable bonds is 5. The lowest BCUT2D eigenvalue weighted by Crippen LogP contribution is -2.08. The van der Waals surface area contributed by atoms with Gasteiger partial charge in [-0.25, -0.2) is 0 Å². The first-order valence-electron chi connectivity index (χ1n) is 5.88. The van der Waals surface area contributed by atoms with Gasteiger partial charge in [-0.15, -0.1) is 0 Å². The minimum Gasteiger partial charge on any atom is -0.493 e. The van der Waals surface area contributed by atoms with E-state index in [9.17, 15) is 4.21 Å². The van der Waals surface area contributed by atoms with Gasteiger partial charge in [0.05, 0.1) is 16.6 Å². The first-order valence-corrected chi connectivity index (χ1v) is 7.20. The maximum atomic E-state index is 12.0. The highest BCUT2D eigenvalue weighted by atomic mass is 32.2. The van der Waals surface area contributed by atoms with Crippen LogP contribution in [0.1, 0.15) is 5.56 Å². The van der Waals surface area contributed by atoms with Gasteiger partial charge < -0.3 is 4.74 Å². The summed E-state index contributed by atoms with van der Waals surface area (Å²) in [6.45, 7) is 2.48. The quantitative estimate of drug-likeness (QED) is 0.825. The van der Waals surface area contributed by atoms with Crippen LogP contribution in [0, 0.1) is 6.92 Å². The van der Waals surface area contributed by atoms with Crippen LogP contribution >= 0.6 is 0 Å². The van der Waals surface area contributed by atoms with Crippen LogP contribution in [0.5, 0.6) is 5.75 Å². The van der Waals surface area contributed by atoms with Crippen molar-refractivity contribution in [1.82, 2.24) is 0 Å². The van der Waals surface area contributed by atoms with Gasteiger partial charge in [0.1, 0.15) is 12.4 Å². The predicted octanol–water partition coefficient (Wildman–Crippen LogP) is 3.18. The maximum Gasteiger partial charge on any atom is 0.119 e. The summed E-state index contributed by atoms with van der Waals surface area (Å²) in [6, 6.07) is 17.4. The summed E-state index contributed by atoms with van der Waals surface area (Å²) < 4.78 is 17.5. The smallest absolute Gasteiger partial charge is 0.119 e. The van der Waals surface area contributed by atoms with Gasteiger partial charge in [-0.05, 0) is 31.2 Å². The van der Waals surface area contributed by atoms with Crippen molar-refractivity contribution in [3.63, 3.8) is 0 Å². The molecule has 18 heavy (non-hydrogen) atoms. The predicted molar refractivity (Wildman–Crippen MR) is 74.4 cm³/mol. The Morgan fingerprint density at radius 3 is 2.33 bits per heavy atom. The zero-order valence-electron chi connectivity index (χ0n) is 10.3. The zero-order chi connectivity index (χ0) is 12.8. The summed E-state index contributed by atoms with van der Waals surface area (Å²) in [7, 11) is -0.990. The molecule has 0 aliphatic heterocycles. The summed E-state index contributed by atoms with van der Waals surface area (Å²) in [5, 5.41) is 0. The highest BCUT2D eigenvalue weighted by Gasteiger charge is 2.03. The van der Waals surface area contributed by atoms with E-state index in [-0.39, 0.29) is 0 Å². The fourth-order valence-electron chi connectivity index (χ4n) is 1.56. The second-order valence-electron chi connectivity index (χ2n) is 4.02. The third-order valence-corrected chi connectivity index (χ3v) is 3.90. The standard InChI is InChI=1S/C15H16O2S/c1-13-7-9-15(10-8-13)18(16)12-11-17-14-5-3-2-4-6-14/h2-10H,11-12H2,1H3. The van der Waals surface area contributed by atoms with E-state index >= 15 is 0 Å². The van der Waals surface area contributed by atoms with Crippen LogP contribution in [0.25, 0.3) is 0 Å². The van der Waals surface area contributed by atoms with Crippen molar-refractivity contribution in [1.29, 1.82) is 0 Å². The lowest BCUT2D eigenvalue weighted by atomic mass is 10.2. The molecule has 0 spiro atoms. The molecule has 0 amide bonds. The molecule has 2 aromatic carbocycles.